The molecule has 5 heteroatoms. The van der Waals surface area contributed by atoms with Gasteiger partial charge in [0.2, 0.25) is 5.95 Å². The number of thiophene rings is 1. The zero-order chi connectivity index (χ0) is 14.5. The molecule has 0 amide bonds. The summed E-state index contributed by atoms with van der Waals surface area (Å²) >= 11 is 1.83. The Labute approximate surface area is 124 Å². The van der Waals surface area contributed by atoms with Crippen LogP contribution in [0.15, 0.2) is 18.3 Å². The van der Waals surface area contributed by atoms with Gasteiger partial charge in [0.1, 0.15) is 0 Å². The van der Waals surface area contributed by atoms with Crippen molar-refractivity contribution in [2.24, 2.45) is 0 Å². The fourth-order valence-electron chi connectivity index (χ4n) is 2.16. The van der Waals surface area contributed by atoms with Crippen LogP contribution in [0.2, 0.25) is 0 Å². The lowest BCUT2D eigenvalue weighted by molar-refractivity contribution is 0.190. The smallest absolute Gasteiger partial charge is 0.203 e. The van der Waals surface area contributed by atoms with Crippen molar-refractivity contribution >= 4 is 17.3 Å². The van der Waals surface area contributed by atoms with Crippen molar-refractivity contribution in [2.75, 3.05) is 19.0 Å². The van der Waals surface area contributed by atoms with Gasteiger partial charge in [-0.05, 0) is 39.3 Å². The Hall–Kier alpha value is -1.33. The lowest BCUT2D eigenvalue weighted by Gasteiger charge is -2.14. The third-order valence-electron chi connectivity index (χ3n) is 3.18. The molecule has 2 heterocycles. The number of nitrogens with zero attached hydrogens (tertiary/aromatic N) is 2. The van der Waals surface area contributed by atoms with Crippen LogP contribution in [-0.2, 0) is 11.3 Å². The van der Waals surface area contributed by atoms with Crippen LogP contribution in [0.5, 0.6) is 0 Å². The molecule has 0 aliphatic rings. The quantitative estimate of drug-likeness (QED) is 0.790. The number of nitrogens with one attached hydrogen (secondary N) is 1. The van der Waals surface area contributed by atoms with Gasteiger partial charge >= 0.3 is 0 Å². The molecular weight excluding hydrogens is 270 g/mol. The predicted octanol–water partition coefficient (Wildman–Crippen LogP) is 3.77. The lowest BCUT2D eigenvalue weighted by Crippen LogP contribution is -2.11. The van der Waals surface area contributed by atoms with Crippen molar-refractivity contribution in [3.8, 4) is 0 Å². The minimum absolute atomic E-state index is 0.275. The molecule has 2 rings (SSSR count). The Balaban J connectivity index is 2.04. The van der Waals surface area contributed by atoms with E-state index in [1.54, 1.807) is 7.11 Å². The summed E-state index contributed by atoms with van der Waals surface area (Å²) in [6.45, 7) is 8.03. The van der Waals surface area contributed by atoms with Crippen molar-refractivity contribution in [1.82, 2.24) is 9.55 Å². The van der Waals surface area contributed by atoms with Gasteiger partial charge in [0.15, 0.2) is 0 Å². The van der Waals surface area contributed by atoms with E-state index in [2.05, 4.69) is 47.0 Å². The maximum absolute atomic E-state index is 5.11. The Bertz CT molecular complexity index is 547. The zero-order valence-electron chi connectivity index (χ0n) is 12.6. The minimum Gasteiger partial charge on any atom is -0.385 e. The molecule has 1 atom stereocenters. The summed E-state index contributed by atoms with van der Waals surface area (Å²) < 4.78 is 7.28. The number of imidazole rings is 1. The molecule has 0 aliphatic carbocycles. The van der Waals surface area contributed by atoms with E-state index in [-0.39, 0.29) is 6.04 Å². The maximum atomic E-state index is 5.11. The Kier molecular flexibility index (Phi) is 5.20. The van der Waals surface area contributed by atoms with Crippen molar-refractivity contribution in [2.45, 2.75) is 39.8 Å². The van der Waals surface area contributed by atoms with Gasteiger partial charge in [-0.3, -0.25) is 0 Å². The van der Waals surface area contributed by atoms with Gasteiger partial charge < -0.3 is 14.6 Å². The molecule has 1 N–H and O–H groups in total. The summed E-state index contributed by atoms with van der Waals surface area (Å²) in [7, 11) is 1.74. The zero-order valence-corrected chi connectivity index (χ0v) is 13.5. The van der Waals surface area contributed by atoms with E-state index in [0.717, 1.165) is 31.2 Å². The van der Waals surface area contributed by atoms with Crippen molar-refractivity contribution in [3.05, 3.63) is 33.8 Å². The third-order valence-corrected chi connectivity index (χ3v) is 4.36. The van der Waals surface area contributed by atoms with E-state index < -0.39 is 0 Å². The molecule has 0 bridgehead atoms. The van der Waals surface area contributed by atoms with Crippen molar-refractivity contribution in [3.63, 3.8) is 0 Å². The highest BCUT2D eigenvalue weighted by molar-refractivity contribution is 7.12. The molecular formula is C15H23N3OS. The van der Waals surface area contributed by atoms with Crippen LogP contribution in [0.4, 0.5) is 5.95 Å². The number of hydrogen-bond acceptors (Lipinski definition) is 4. The SMILES string of the molecule is COCCCn1cc(C)nc1NC(C)c1ccc(C)s1. The molecule has 2 aromatic heterocycles. The molecule has 0 aliphatic heterocycles. The average molecular weight is 293 g/mol. The summed E-state index contributed by atoms with van der Waals surface area (Å²) in [5.74, 6) is 0.942. The molecule has 110 valence electrons. The van der Waals surface area contributed by atoms with E-state index in [4.69, 9.17) is 4.74 Å². The summed E-state index contributed by atoms with van der Waals surface area (Å²) in [6.07, 6.45) is 3.08. The van der Waals surface area contributed by atoms with Crippen LogP contribution >= 0.6 is 11.3 Å². The summed E-state index contributed by atoms with van der Waals surface area (Å²) in [4.78, 5) is 7.26. The summed E-state index contributed by atoms with van der Waals surface area (Å²) in [5.41, 5.74) is 1.04. The van der Waals surface area contributed by atoms with Gasteiger partial charge in [-0.2, -0.15) is 0 Å². The first-order valence-corrected chi connectivity index (χ1v) is 7.77. The number of ether oxygens (including phenoxy) is 1. The number of rotatable bonds is 7. The van der Waals surface area contributed by atoms with Crippen LogP contribution in [-0.4, -0.2) is 23.3 Å². The van der Waals surface area contributed by atoms with Crippen LogP contribution in [0.25, 0.3) is 0 Å². The monoisotopic (exact) mass is 293 g/mol. The lowest BCUT2D eigenvalue weighted by atomic mass is 10.3. The third kappa shape index (κ3) is 3.84. The molecule has 0 saturated carbocycles. The summed E-state index contributed by atoms with van der Waals surface area (Å²) in [6, 6.07) is 4.62. The van der Waals surface area contributed by atoms with Gasteiger partial charge in [-0.15, -0.1) is 11.3 Å². The maximum Gasteiger partial charge on any atom is 0.203 e. The minimum atomic E-state index is 0.275. The first-order chi connectivity index (χ1) is 9.60. The van der Waals surface area contributed by atoms with Crippen LogP contribution < -0.4 is 5.32 Å². The molecule has 0 saturated heterocycles. The second-order valence-corrected chi connectivity index (χ2v) is 6.38. The van der Waals surface area contributed by atoms with E-state index >= 15 is 0 Å². The molecule has 1 unspecified atom stereocenters. The van der Waals surface area contributed by atoms with Crippen molar-refractivity contribution in [1.29, 1.82) is 0 Å². The standard InChI is InChI=1S/C15H23N3OS/c1-11-10-18(8-5-9-19-4)15(16-11)17-13(3)14-7-6-12(2)20-14/h6-7,10,13H,5,8-9H2,1-4H3,(H,16,17). The number of aromatic nitrogens is 2. The largest absolute Gasteiger partial charge is 0.385 e. The number of methoxy groups -OCH3 is 1. The van der Waals surface area contributed by atoms with Crippen molar-refractivity contribution < 1.29 is 4.74 Å². The number of aryl methyl sites for hydroxylation is 3. The second kappa shape index (κ2) is 6.90. The Morgan fingerprint density at radius 3 is 2.85 bits per heavy atom. The fraction of sp³-hybridized carbons (Fsp3) is 0.533. The van der Waals surface area contributed by atoms with Crippen LogP contribution in [0.3, 0.4) is 0 Å². The normalized spacial score (nSPS) is 12.6. The Morgan fingerprint density at radius 2 is 2.20 bits per heavy atom. The van der Waals surface area contributed by atoms with E-state index in [0.29, 0.717) is 0 Å². The molecule has 0 spiro atoms. The molecule has 2 aromatic rings. The van der Waals surface area contributed by atoms with Gasteiger partial charge in [-0.1, -0.05) is 0 Å². The Morgan fingerprint density at radius 1 is 1.40 bits per heavy atom. The number of anilines is 1. The molecule has 4 nitrogen and oxygen atoms in total. The topological polar surface area (TPSA) is 39.1 Å². The molecule has 0 radical (unpaired) electrons. The van der Waals surface area contributed by atoms with E-state index in [1.807, 2.05) is 18.3 Å². The highest BCUT2D eigenvalue weighted by Crippen LogP contribution is 2.25. The number of hydrogen-bond donors (Lipinski definition) is 1. The van der Waals surface area contributed by atoms with Crippen LogP contribution in [0, 0.1) is 13.8 Å². The molecule has 20 heavy (non-hydrogen) atoms. The average Bonchev–Trinajstić information content (AvgIpc) is 2.97. The van der Waals surface area contributed by atoms with Gasteiger partial charge in [0.05, 0.1) is 11.7 Å². The predicted molar refractivity (Wildman–Crippen MR) is 84.6 cm³/mol. The first-order valence-electron chi connectivity index (χ1n) is 6.95. The van der Waals surface area contributed by atoms with Crippen LogP contribution in [0.1, 0.15) is 34.8 Å². The molecule has 0 aromatic carbocycles. The fourth-order valence-corrected chi connectivity index (χ4v) is 3.04. The van der Waals surface area contributed by atoms with E-state index in [1.165, 1.54) is 9.75 Å². The van der Waals surface area contributed by atoms with E-state index in [9.17, 15) is 0 Å². The highest BCUT2D eigenvalue weighted by atomic mass is 32.1. The second-order valence-electron chi connectivity index (χ2n) is 5.06. The van der Waals surface area contributed by atoms with Gasteiger partial charge in [0.25, 0.3) is 0 Å². The highest BCUT2D eigenvalue weighted by Gasteiger charge is 2.12. The summed E-state index contributed by atoms with van der Waals surface area (Å²) in [5, 5.41) is 3.51. The first kappa shape index (κ1) is 15.1. The van der Waals surface area contributed by atoms with Gasteiger partial charge in [-0.25, -0.2) is 4.98 Å². The van der Waals surface area contributed by atoms with Gasteiger partial charge in [0, 0.05) is 36.2 Å². The molecule has 0 fully saturated rings.